The molecule has 0 saturated carbocycles. The SMILES string of the molecule is CCOC(=O)c1sc(NC(=O)[C@H](CC)Sc2nc(-c3ccccc3)c(C)[nH]2)nc1C. The van der Waals surface area contributed by atoms with Crippen molar-refractivity contribution in [2.24, 2.45) is 0 Å². The molecule has 2 aromatic heterocycles. The molecule has 7 nitrogen and oxygen atoms in total. The lowest BCUT2D eigenvalue weighted by atomic mass is 10.1. The van der Waals surface area contributed by atoms with Gasteiger partial charge in [-0.15, -0.1) is 0 Å². The lowest BCUT2D eigenvalue weighted by Crippen LogP contribution is -2.24. The number of carbonyl (C=O) groups is 2. The number of hydrogen-bond acceptors (Lipinski definition) is 7. The van der Waals surface area contributed by atoms with Gasteiger partial charge >= 0.3 is 5.97 Å². The van der Waals surface area contributed by atoms with E-state index in [9.17, 15) is 9.59 Å². The van der Waals surface area contributed by atoms with Crippen molar-refractivity contribution in [2.75, 3.05) is 11.9 Å². The molecule has 3 aromatic rings. The summed E-state index contributed by atoms with van der Waals surface area (Å²) < 4.78 is 5.03. The molecule has 3 rings (SSSR count). The Morgan fingerprint density at radius 2 is 1.93 bits per heavy atom. The van der Waals surface area contributed by atoms with Crippen LogP contribution in [0.4, 0.5) is 5.13 Å². The van der Waals surface area contributed by atoms with Crippen LogP contribution < -0.4 is 5.32 Å². The van der Waals surface area contributed by atoms with E-state index in [0.717, 1.165) is 28.3 Å². The van der Waals surface area contributed by atoms with E-state index in [-0.39, 0.29) is 11.2 Å². The van der Waals surface area contributed by atoms with E-state index < -0.39 is 5.97 Å². The van der Waals surface area contributed by atoms with Crippen LogP contribution in [0.2, 0.25) is 0 Å². The van der Waals surface area contributed by atoms with Gasteiger partial charge in [0.15, 0.2) is 10.3 Å². The van der Waals surface area contributed by atoms with Crippen LogP contribution in [0.1, 0.15) is 41.3 Å². The number of carbonyl (C=O) groups excluding carboxylic acids is 2. The first-order valence-electron chi connectivity index (χ1n) is 9.67. The van der Waals surface area contributed by atoms with Gasteiger partial charge in [-0.3, -0.25) is 4.79 Å². The molecule has 0 bridgehead atoms. The largest absolute Gasteiger partial charge is 0.462 e. The van der Waals surface area contributed by atoms with Gasteiger partial charge in [0, 0.05) is 11.3 Å². The minimum Gasteiger partial charge on any atom is -0.462 e. The molecule has 30 heavy (non-hydrogen) atoms. The summed E-state index contributed by atoms with van der Waals surface area (Å²) in [7, 11) is 0. The number of esters is 1. The fourth-order valence-electron chi connectivity index (χ4n) is 2.84. The number of anilines is 1. The van der Waals surface area contributed by atoms with Crippen LogP contribution in [0, 0.1) is 13.8 Å². The number of hydrogen-bond donors (Lipinski definition) is 2. The van der Waals surface area contributed by atoms with Crippen LogP contribution in [0.5, 0.6) is 0 Å². The zero-order valence-corrected chi connectivity index (χ0v) is 18.9. The number of imidazole rings is 1. The third kappa shape index (κ3) is 5.09. The quantitative estimate of drug-likeness (QED) is 0.381. The van der Waals surface area contributed by atoms with E-state index in [2.05, 4.69) is 20.3 Å². The molecule has 158 valence electrons. The molecule has 1 atom stereocenters. The Kier molecular flexibility index (Phi) is 7.28. The van der Waals surface area contributed by atoms with E-state index in [1.807, 2.05) is 44.2 Å². The van der Waals surface area contributed by atoms with Crippen LogP contribution in [-0.4, -0.2) is 38.7 Å². The van der Waals surface area contributed by atoms with Crippen molar-refractivity contribution < 1.29 is 14.3 Å². The van der Waals surface area contributed by atoms with Crippen LogP contribution in [-0.2, 0) is 9.53 Å². The molecule has 1 amide bonds. The highest BCUT2D eigenvalue weighted by atomic mass is 32.2. The normalized spacial score (nSPS) is 11.9. The van der Waals surface area contributed by atoms with Crippen LogP contribution in [0.25, 0.3) is 11.3 Å². The number of aromatic amines is 1. The smallest absolute Gasteiger partial charge is 0.350 e. The predicted molar refractivity (Wildman–Crippen MR) is 120 cm³/mol. The summed E-state index contributed by atoms with van der Waals surface area (Å²) in [4.78, 5) is 37.4. The zero-order chi connectivity index (χ0) is 21.7. The van der Waals surface area contributed by atoms with Gasteiger partial charge < -0.3 is 15.0 Å². The highest BCUT2D eigenvalue weighted by Crippen LogP contribution is 2.30. The summed E-state index contributed by atoms with van der Waals surface area (Å²) in [6.07, 6.45) is 0.617. The molecular formula is C21H24N4O3S2. The Morgan fingerprint density at radius 3 is 2.60 bits per heavy atom. The lowest BCUT2D eigenvalue weighted by Gasteiger charge is -2.11. The Bertz CT molecular complexity index is 1030. The number of ether oxygens (including phenoxy) is 1. The highest BCUT2D eigenvalue weighted by molar-refractivity contribution is 8.00. The van der Waals surface area contributed by atoms with E-state index >= 15 is 0 Å². The number of aryl methyl sites for hydroxylation is 2. The molecule has 0 aliphatic heterocycles. The minimum absolute atomic E-state index is 0.179. The molecule has 0 spiro atoms. The van der Waals surface area contributed by atoms with E-state index in [1.165, 1.54) is 11.8 Å². The van der Waals surface area contributed by atoms with Crippen molar-refractivity contribution in [2.45, 2.75) is 44.5 Å². The van der Waals surface area contributed by atoms with Crippen molar-refractivity contribution in [3.05, 3.63) is 46.6 Å². The van der Waals surface area contributed by atoms with Gasteiger partial charge in [0.1, 0.15) is 4.88 Å². The number of aromatic nitrogens is 3. The molecule has 0 fully saturated rings. The maximum atomic E-state index is 12.8. The van der Waals surface area contributed by atoms with Gasteiger partial charge in [-0.1, -0.05) is 60.4 Å². The van der Waals surface area contributed by atoms with Crippen LogP contribution in [0.15, 0.2) is 35.5 Å². The Hall–Kier alpha value is -2.65. The molecule has 0 radical (unpaired) electrons. The summed E-state index contributed by atoms with van der Waals surface area (Å²) in [6.45, 7) is 7.68. The second kappa shape index (κ2) is 9.90. The fourth-order valence-corrected chi connectivity index (χ4v) is 4.67. The molecule has 9 heteroatoms. The molecular weight excluding hydrogens is 420 g/mol. The van der Waals surface area contributed by atoms with Gasteiger partial charge in [-0.05, 0) is 27.2 Å². The standard InChI is InChI=1S/C21H24N4O3S2/c1-5-15(18(26)25-21-23-13(4)17(30-21)19(27)28-6-2)29-20-22-12(3)16(24-20)14-10-8-7-9-11-14/h7-11,15H,5-6H2,1-4H3,(H,22,24)(H,23,25,26)/t15-/m0/s1. The number of benzene rings is 1. The summed E-state index contributed by atoms with van der Waals surface area (Å²) in [5.74, 6) is -0.601. The third-order valence-corrected chi connectivity index (χ3v) is 6.62. The maximum Gasteiger partial charge on any atom is 0.350 e. The first kappa shape index (κ1) is 22.0. The third-order valence-electron chi connectivity index (χ3n) is 4.31. The van der Waals surface area contributed by atoms with Gasteiger partial charge in [-0.2, -0.15) is 0 Å². The highest BCUT2D eigenvalue weighted by Gasteiger charge is 2.23. The Labute approximate surface area is 183 Å². The van der Waals surface area contributed by atoms with Gasteiger partial charge in [0.2, 0.25) is 5.91 Å². The molecule has 0 aliphatic carbocycles. The van der Waals surface area contributed by atoms with Crippen LogP contribution in [0.3, 0.4) is 0 Å². The van der Waals surface area contributed by atoms with Crippen molar-refractivity contribution in [1.29, 1.82) is 0 Å². The van der Waals surface area contributed by atoms with Gasteiger partial charge in [0.25, 0.3) is 0 Å². The molecule has 0 saturated heterocycles. The molecule has 0 aliphatic rings. The van der Waals surface area contributed by atoms with Crippen molar-refractivity contribution in [3.63, 3.8) is 0 Å². The number of nitrogens with zero attached hydrogens (tertiary/aromatic N) is 2. The summed E-state index contributed by atoms with van der Waals surface area (Å²) in [5.41, 5.74) is 3.40. The van der Waals surface area contributed by atoms with E-state index in [0.29, 0.717) is 33.9 Å². The number of thioether (sulfide) groups is 1. The number of amides is 1. The summed E-state index contributed by atoms with van der Waals surface area (Å²) in [5, 5.41) is 3.55. The first-order valence-corrected chi connectivity index (χ1v) is 11.4. The van der Waals surface area contributed by atoms with E-state index in [1.54, 1.807) is 13.8 Å². The van der Waals surface area contributed by atoms with Crippen molar-refractivity contribution in [3.8, 4) is 11.3 Å². The molecule has 0 unspecified atom stereocenters. The summed E-state index contributed by atoms with van der Waals surface area (Å²) in [6, 6.07) is 9.92. The Morgan fingerprint density at radius 1 is 1.20 bits per heavy atom. The second-order valence-electron chi connectivity index (χ2n) is 6.54. The number of rotatable bonds is 8. The van der Waals surface area contributed by atoms with Crippen molar-refractivity contribution in [1.82, 2.24) is 15.0 Å². The zero-order valence-electron chi connectivity index (χ0n) is 17.3. The monoisotopic (exact) mass is 444 g/mol. The molecule has 2 heterocycles. The second-order valence-corrected chi connectivity index (χ2v) is 8.73. The van der Waals surface area contributed by atoms with Gasteiger partial charge in [0.05, 0.1) is 23.2 Å². The number of thiazole rings is 1. The topological polar surface area (TPSA) is 97.0 Å². The number of nitrogens with one attached hydrogen (secondary N) is 2. The fraction of sp³-hybridized carbons (Fsp3) is 0.333. The predicted octanol–water partition coefficient (Wildman–Crippen LogP) is 4.84. The van der Waals surface area contributed by atoms with Gasteiger partial charge in [-0.25, -0.2) is 14.8 Å². The first-order chi connectivity index (χ1) is 14.4. The van der Waals surface area contributed by atoms with Crippen molar-refractivity contribution >= 4 is 40.1 Å². The summed E-state index contributed by atoms with van der Waals surface area (Å²) >= 11 is 2.50. The lowest BCUT2D eigenvalue weighted by molar-refractivity contribution is -0.115. The average Bonchev–Trinajstić information content (AvgIpc) is 3.28. The van der Waals surface area contributed by atoms with Crippen LogP contribution >= 0.6 is 23.1 Å². The average molecular weight is 445 g/mol. The minimum atomic E-state index is -0.422. The molecule has 1 aromatic carbocycles. The maximum absolute atomic E-state index is 12.8. The number of H-pyrrole nitrogens is 1. The van der Waals surface area contributed by atoms with E-state index in [4.69, 9.17) is 4.74 Å². The Balaban J connectivity index is 1.70. The molecule has 2 N–H and O–H groups in total.